The molecule has 0 spiro atoms. The zero-order valence-electron chi connectivity index (χ0n) is 23.1. The van der Waals surface area contributed by atoms with Gasteiger partial charge in [-0.25, -0.2) is 0 Å². The van der Waals surface area contributed by atoms with Crippen LogP contribution in [0.1, 0.15) is 48.2 Å². The largest absolute Gasteiger partial charge is 0.451 e. The minimum Gasteiger partial charge on any atom is -0.451 e. The molecule has 3 N–H and O–H groups in total. The van der Waals surface area contributed by atoms with E-state index >= 15 is 0 Å². The molecule has 2 fully saturated rings. The molecule has 2 aromatic carbocycles. The molecule has 2 aliphatic rings. The number of amides is 3. The molecule has 3 amide bonds. The van der Waals surface area contributed by atoms with E-state index in [1.165, 1.54) is 0 Å². The van der Waals surface area contributed by atoms with Gasteiger partial charge < -0.3 is 25.1 Å². The van der Waals surface area contributed by atoms with Gasteiger partial charge in [-0.05, 0) is 55.6 Å². The lowest BCUT2D eigenvalue weighted by atomic mass is 9.94. The predicted molar refractivity (Wildman–Crippen MR) is 157 cm³/mol. The van der Waals surface area contributed by atoms with Gasteiger partial charge in [0.25, 0.3) is 5.91 Å². The van der Waals surface area contributed by atoms with E-state index in [0.29, 0.717) is 41.8 Å². The van der Waals surface area contributed by atoms with Crippen LogP contribution in [0.25, 0.3) is 11.0 Å². The summed E-state index contributed by atoms with van der Waals surface area (Å²) < 4.78 is 11.1. The molecule has 0 bridgehead atoms. The van der Waals surface area contributed by atoms with Crippen molar-refractivity contribution in [1.82, 2.24) is 20.9 Å². The first-order chi connectivity index (χ1) is 19.9. The molecule has 41 heavy (non-hydrogen) atoms. The van der Waals surface area contributed by atoms with Crippen molar-refractivity contribution in [2.45, 2.75) is 50.1 Å². The maximum absolute atomic E-state index is 13.8. The second kappa shape index (κ2) is 13.5. The Kier molecular flexibility index (Phi) is 9.59. The van der Waals surface area contributed by atoms with Crippen LogP contribution in [0.15, 0.2) is 59.0 Å². The Morgan fingerprint density at radius 3 is 2.51 bits per heavy atom. The fourth-order valence-corrected chi connectivity index (χ4v) is 5.79. The molecule has 0 unspecified atom stereocenters. The van der Waals surface area contributed by atoms with E-state index < -0.39 is 17.5 Å². The molecule has 1 aliphatic heterocycles. The lowest BCUT2D eigenvalue weighted by Gasteiger charge is -2.31. The van der Waals surface area contributed by atoms with Gasteiger partial charge in [-0.2, -0.15) is 0 Å². The predicted octanol–water partition coefficient (Wildman–Crippen LogP) is 3.69. The summed E-state index contributed by atoms with van der Waals surface area (Å²) in [7, 11) is 0. The normalized spacial score (nSPS) is 17.7. The maximum Gasteiger partial charge on any atom is 0.287 e. The van der Waals surface area contributed by atoms with Crippen LogP contribution in [0.5, 0.6) is 0 Å². The number of rotatable bonds is 11. The van der Waals surface area contributed by atoms with E-state index in [1.807, 2.05) is 30.3 Å². The van der Waals surface area contributed by atoms with E-state index in [-0.39, 0.29) is 17.6 Å². The number of halogens is 1. The van der Waals surface area contributed by atoms with Gasteiger partial charge in [0.2, 0.25) is 11.8 Å². The van der Waals surface area contributed by atoms with E-state index in [1.54, 1.807) is 24.3 Å². The standard InChI is InChI=1S/C31H37ClN4O5/c32-24-9-10-26-23(20-24)21-27(41-26)29(38)35-31(11-4-5-12-31)30(39)34-25(19-22-7-2-1-3-8-22)28(37)33-13-6-14-36-15-17-40-18-16-36/h1-3,7-10,20-21,25H,4-6,11-19H2,(H,33,37)(H,34,39)(H,35,38)/t25-/m1/s1. The summed E-state index contributed by atoms with van der Waals surface area (Å²) in [6.45, 7) is 4.66. The zero-order chi connectivity index (χ0) is 28.7. The Morgan fingerprint density at radius 1 is 1.00 bits per heavy atom. The number of nitrogens with zero attached hydrogens (tertiary/aromatic N) is 1. The SMILES string of the molecule is O=C(NC1(C(=O)N[C@H](Cc2ccccc2)C(=O)NCCCN2CCOCC2)CCCC1)c1cc2cc(Cl)ccc2o1. The number of fused-ring (bicyclic) bond motifs is 1. The minimum atomic E-state index is -1.13. The Balaban J connectivity index is 1.25. The molecule has 2 heterocycles. The first kappa shape index (κ1) is 29.1. The molecule has 1 aromatic heterocycles. The molecular formula is C31H37ClN4O5. The number of morpholine rings is 1. The van der Waals surface area contributed by atoms with Crippen molar-refractivity contribution < 1.29 is 23.5 Å². The number of hydrogen-bond acceptors (Lipinski definition) is 6. The molecule has 1 aliphatic carbocycles. The Hall–Kier alpha value is -3.40. The third-order valence-electron chi connectivity index (χ3n) is 7.91. The smallest absolute Gasteiger partial charge is 0.287 e. The van der Waals surface area contributed by atoms with Gasteiger partial charge in [0.05, 0.1) is 13.2 Å². The molecule has 1 atom stereocenters. The molecule has 1 saturated carbocycles. The van der Waals surface area contributed by atoms with Crippen LogP contribution >= 0.6 is 11.6 Å². The topological polar surface area (TPSA) is 113 Å². The molecule has 3 aromatic rings. The van der Waals surface area contributed by atoms with Crippen molar-refractivity contribution >= 4 is 40.3 Å². The number of carbonyl (C=O) groups is 3. The number of hydrogen-bond donors (Lipinski definition) is 3. The van der Waals surface area contributed by atoms with E-state index in [9.17, 15) is 14.4 Å². The molecule has 1 saturated heterocycles. The third-order valence-corrected chi connectivity index (χ3v) is 8.14. The van der Waals surface area contributed by atoms with Crippen molar-refractivity contribution in [3.63, 3.8) is 0 Å². The number of carbonyl (C=O) groups excluding carboxylic acids is 3. The number of benzene rings is 2. The van der Waals surface area contributed by atoms with Crippen molar-refractivity contribution in [3.8, 4) is 0 Å². The monoisotopic (exact) mass is 580 g/mol. The lowest BCUT2D eigenvalue weighted by Crippen LogP contribution is -2.61. The van der Waals surface area contributed by atoms with Gasteiger partial charge in [0.15, 0.2) is 5.76 Å². The van der Waals surface area contributed by atoms with Crippen LogP contribution < -0.4 is 16.0 Å². The third kappa shape index (κ3) is 7.47. The first-order valence-corrected chi connectivity index (χ1v) is 14.7. The number of ether oxygens (including phenoxy) is 1. The summed E-state index contributed by atoms with van der Waals surface area (Å²) in [4.78, 5) is 42.8. The molecule has 218 valence electrons. The molecule has 10 heteroatoms. The molecule has 5 rings (SSSR count). The van der Waals surface area contributed by atoms with Crippen LogP contribution in [-0.4, -0.2) is 73.6 Å². The van der Waals surface area contributed by atoms with Crippen LogP contribution in [0.2, 0.25) is 5.02 Å². The highest BCUT2D eigenvalue weighted by Gasteiger charge is 2.44. The number of furan rings is 1. The molecule has 0 radical (unpaired) electrons. The van der Waals surface area contributed by atoms with Crippen LogP contribution in [-0.2, 0) is 20.7 Å². The Morgan fingerprint density at radius 2 is 1.76 bits per heavy atom. The summed E-state index contributed by atoms with van der Waals surface area (Å²) in [5.41, 5.74) is 0.351. The Bertz CT molecular complexity index is 1350. The fraction of sp³-hybridized carbons (Fsp3) is 0.452. The minimum absolute atomic E-state index is 0.111. The number of nitrogens with one attached hydrogen (secondary N) is 3. The fourth-order valence-electron chi connectivity index (χ4n) is 5.61. The van der Waals surface area contributed by atoms with Gasteiger partial charge in [0.1, 0.15) is 17.2 Å². The quantitative estimate of drug-likeness (QED) is 0.298. The Labute approximate surface area is 244 Å². The van der Waals surface area contributed by atoms with Crippen LogP contribution in [0.4, 0.5) is 0 Å². The average molecular weight is 581 g/mol. The summed E-state index contributed by atoms with van der Waals surface area (Å²) >= 11 is 6.08. The van der Waals surface area contributed by atoms with Crippen molar-refractivity contribution in [2.24, 2.45) is 0 Å². The van der Waals surface area contributed by atoms with Crippen molar-refractivity contribution in [2.75, 3.05) is 39.4 Å². The highest BCUT2D eigenvalue weighted by atomic mass is 35.5. The second-order valence-electron chi connectivity index (χ2n) is 10.9. The first-order valence-electron chi connectivity index (χ1n) is 14.4. The van der Waals surface area contributed by atoms with Gasteiger partial charge in [0, 0.05) is 36.5 Å². The van der Waals surface area contributed by atoms with E-state index in [4.69, 9.17) is 20.8 Å². The van der Waals surface area contributed by atoms with E-state index in [2.05, 4.69) is 20.9 Å². The summed E-state index contributed by atoms with van der Waals surface area (Å²) in [5.74, 6) is -0.952. The summed E-state index contributed by atoms with van der Waals surface area (Å²) in [5, 5.41) is 10.2. The summed E-state index contributed by atoms with van der Waals surface area (Å²) in [6.07, 6.45) is 3.70. The van der Waals surface area contributed by atoms with Crippen molar-refractivity contribution in [1.29, 1.82) is 0 Å². The second-order valence-corrected chi connectivity index (χ2v) is 11.3. The maximum atomic E-state index is 13.8. The van der Waals surface area contributed by atoms with E-state index in [0.717, 1.165) is 57.7 Å². The highest BCUT2D eigenvalue weighted by molar-refractivity contribution is 6.31. The van der Waals surface area contributed by atoms with Crippen LogP contribution in [0, 0.1) is 0 Å². The zero-order valence-corrected chi connectivity index (χ0v) is 23.9. The molecule has 9 nitrogen and oxygen atoms in total. The lowest BCUT2D eigenvalue weighted by molar-refractivity contribution is -0.132. The average Bonchev–Trinajstić information content (AvgIpc) is 3.64. The summed E-state index contributed by atoms with van der Waals surface area (Å²) in [6, 6.07) is 15.6. The van der Waals surface area contributed by atoms with Gasteiger partial charge in [-0.3, -0.25) is 19.3 Å². The van der Waals surface area contributed by atoms with Gasteiger partial charge >= 0.3 is 0 Å². The molecular weight excluding hydrogens is 544 g/mol. The van der Waals surface area contributed by atoms with Crippen molar-refractivity contribution in [3.05, 3.63) is 70.9 Å². The van der Waals surface area contributed by atoms with Gasteiger partial charge in [-0.1, -0.05) is 54.8 Å². The highest BCUT2D eigenvalue weighted by Crippen LogP contribution is 2.31. The van der Waals surface area contributed by atoms with Crippen LogP contribution in [0.3, 0.4) is 0 Å². The van der Waals surface area contributed by atoms with Gasteiger partial charge in [-0.15, -0.1) is 0 Å².